The topological polar surface area (TPSA) is 112 Å². The predicted molar refractivity (Wildman–Crippen MR) is 145 cm³/mol. The summed E-state index contributed by atoms with van der Waals surface area (Å²) < 4.78 is 5.38. The number of pyridine rings is 1. The van der Waals surface area contributed by atoms with Crippen LogP contribution in [0.4, 0.5) is 23.1 Å². The van der Waals surface area contributed by atoms with Crippen LogP contribution >= 0.6 is 0 Å². The highest BCUT2D eigenvalue weighted by Gasteiger charge is 2.21. The molecule has 1 saturated heterocycles. The lowest BCUT2D eigenvalue weighted by atomic mass is 9.93. The lowest BCUT2D eigenvalue weighted by Gasteiger charge is -2.33. The molecule has 192 valence electrons. The highest BCUT2D eigenvalue weighted by atomic mass is 16.5. The van der Waals surface area contributed by atoms with Gasteiger partial charge in [-0.2, -0.15) is 0 Å². The van der Waals surface area contributed by atoms with Crippen molar-refractivity contribution in [2.24, 2.45) is 0 Å². The minimum atomic E-state index is -0.278. The molecule has 3 aromatic heterocycles. The molecule has 1 aliphatic rings. The number of anilines is 4. The van der Waals surface area contributed by atoms with Gasteiger partial charge in [-0.25, -0.2) is 15.0 Å². The van der Waals surface area contributed by atoms with Crippen LogP contribution in [0.25, 0.3) is 11.0 Å². The average molecular weight is 501 g/mol. The van der Waals surface area contributed by atoms with Crippen molar-refractivity contribution in [1.82, 2.24) is 25.0 Å². The SMILES string of the molecule is Cc1ccc(C(=O)Nc2cc(C(C)(C)C)on2)cc1Nc1ncnc2ccc(N3CCN(C)CC3)nc12. The number of benzene rings is 1. The van der Waals surface area contributed by atoms with Crippen LogP contribution in [0.3, 0.4) is 0 Å². The van der Waals surface area contributed by atoms with Crippen molar-refractivity contribution in [2.45, 2.75) is 33.1 Å². The Morgan fingerprint density at radius 1 is 1.03 bits per heavy atom. The first-order valence-corrected chi connectivity index (χ1v) is 12.4. The van der Waals surface area contributed by atoms with Gasteiger partial charge in [0.2, 0.25) is 0 Å². The lowest BCUT2D eigenvalue weighted by molar-refractivity contribution is 0.102. The lowest BCUT2D eigenvalue weighted by Crippen LogP contribution is -2.44. The fraction of sp³-hybridized carbons (Fsp3) is 0.370. The fourth-order valence-electron chi connectivity index (χ4n) is 4.13. The minimum Gasteiger partial charge on any atom is -0.359 e. The van der Waals surface area contributed by atoms with Gasteiger partial charge in [0.05, 0.1) is 5.52 Å². The number of carbonyl (C=O) groups excluding carboxylic acids is 1. The number of aromatic nitrogens is 4. The van der Waals surface area contributed by atoms with Crippen LogP contribution in [0.2, 0.25) is 0 Å². The monoisotopic (exact) mass is 500 g/mol. The van der Waals surface area contributed by atoms with E-state index in [4.69, 9.17) is 9.51 Å². The molecule has 37 heavy (non-hydrogen) atoms. The molecule has 4 aromatic rings. The third-order valence-corrected chi connectivity index (χ3v) is 6.54. The quantitative estimate of drug-likeness (QED) is 0.412. The maximum atomic E-state index is 13.0. The Balaban J connectivity index is 1.39. The summed E-state index contributed by atoms with van der Waals surface area (Å²) >= 11 is 0. The first-order valence-electron chi connectivity index (χ1n) is 12.4. The number of nitrogens with zero attached hydrogens (tertiary/aromatic N) is 6. The molecule has 0 atom stereocenters. The van der Waals surface area contributed by atoms with E-state index in [2.05, 4.69) is 42.6 Å². The molecule has 0 spiro atoms. The molecule has 0 saturated carbocycles. The second-order valence-electron chi connectivity index (χ2n) is 10.5. The molecular weight excluding hydrogens is 468 g/mol. The number of likely N-dealkylation sites (N-methyl/N-ethyl adjacent to an activating group) is 1. The third kappa shape index (κ3) is 5.39. The maximum absolute atomic E-state index is 13.0. The number of hydrogen-bond donors (Lipinski definition) is 2. The minimum absolute atomic E-state index is 0.199. The van der Waals surface area contributed by atoms with Gasteiger partial charge in [-0.1, -0.05) is 32.0 Å². The Morgan fingerprint density at radius 2 is 1.81 bits per heavy atom. The summed E-state index contributed by atoms with van der Waals surface area (Å²) in [6.45, 7) is 11.9. The predicted octanol–water partition coefficient (Wildman–Crippen LogP) is 4.37. The fourth-order valence-corrected chi connectivity index (χ4v) is 4.13. The Morgan fingerprint density at radius 3 is 2.54 bits per heavy atom. The van der Waals surface area contributed by atoms with E-state index in [1.165, 1.54) is 6.33 Å². The largest absolute Gasteiger partial charge is 0.359 e. The van der Waals surface area contributed by atoms with E-state index in [-0.39, 0.29) is 11.3 Å². The summed E-state index contributed by atoms with van der Waals surface area (Å²) in [6.07, 6.45) is 1.52. The molecule has 10 heteroatoms. The Kier molecular flexibility index (Phi) is 6.51. The number of rotatable bonds is 5. The molecule has 0 aliphatic carbocycles. The smallest absolute Gasteiger partial charge is 0.256 e. The maximum Gasteiger partial charge on any atom is 0.256 e. The van der Waals surface area contributed by atoms with E-state index in [0.29, 0.717) is 28.5 Å². The van der Waals surface area contributed by atoms with Crippen LogP contribution in [-0.2, 0) is 5.41 Å². The van der Waals surface area contributed by atoms with Crippen LogP contribution in [0, 0.1) is 6.92 Å². The number of fused-ring (bicyclic) bond motifs is 1. The number of hydrogen-bond acceptors (Lipinski definition) is 9. The normalized spacial score (nSPS) is 14.7. The highest BCUT2D eigenvalue weighted by molar-refractivity contribution is 6.04. The number of amides is 1. The molecule has 5 rings (SSSR count). The van der Waals surface area contributed by atoms with Crippen molar-refractivity contribution in [3.05, 3.63) is 59.6 Å². The van der Waals surface area contributed by atoms with Crippen LogP contribution in [0.15, 0.2) is 47.2 Å². The van der Waals surface area contributed by atoms with Crippen molar-refractivity contribution in [1.29, 1.82) is 0 Å². The van der Waals surface area contributed by atoms with Gasteiger partial charge in [0.1, 0.15) is 23.4 Å². The molecule has 1 aromatic carbocycles. The number of piperazine rings is 1. The molecule has 0 bridgehead atoms. The van der Waals surface area contributed by atoms with Gasteiger partial charge in [0, 0.05) is 48.9 Å². The summed E-state index contributed by atoms with van der Waals surface area (Å²) in [6, 6.07) is 11.2. The zero-order chi connectivity index (χ0) is 26.2. The first kappa shape index (κ1) is 24.6. The third-order valence-electron chi connectivity index (χ3n) is 6.54. The second-order valence-corrected chi connectivity index (χ2v) is 10.5. The highest BCUT2D eigenvalue weighted by Crippen LogP contribution is 2.28. The molecule has 2 N–H and O–H groups in total. The van der Waals surface area contributed by atoms with E-state index in [1.807, 2.05) is 45.9 Å². The Labute approximate surface area is 216 Å². The molecule has 1 amide bonds. The molecule has 1 aliphatic heterocycles. The van der Waals surface area contributed by atoms with Crippen molar-refractivity contribution in [3.63, 3.8) is 0 Å². The average Bonchev–Trinajstić information content (AvgIpc) is 3.35. The molecule has 0 unspecified atom stereocenters. The Bertz CT molecular complexity index is 1430. The van der Waals surface area contributed by atoms with Crippen molar-refractivity contribution >= 4 is 40.1 Å². The number of carbonyl (C=O) groups is 1. The molecular formula is C27H32N8O2. The van der Waals surface area contributed by atoms with Crippen molar-refractivity contribution < 1.29 is 9.32 Å². The van der Waals surface area contributed by atoms with Gasteiger partial charge < -0.3 is 25.0 Å². The van der Waals surface area contributed by atoms with Crippen LogP contribution in [-0.4, -0.2) is 64.1 Å². The van der Waals surface area contributed by atoms with Gasteiger partial charge in [-0.15, -0.1) is 0 Å². The van der Waals surface area contributed by atoms with Crippen molar-refractivity contribution in [2.75, 3.05) is 48.8 Å². The summed E-state index contributed by atoms with van der Waals surface area (Å²) in [5.74, 6) is 2.30. The standard InChI is InChI=1S/C27H32N8O2/c1-17-6-7-18(26(36)31-22-15-21(37-33-22)27(2,3)4)14-20(17)30-25-24-19(28-16-29-25)8-9-23(32-24)35-12-10-34(5)11-13-35/h6-9,14-16H,10-13H2,1-5H3,(H,28,29,30)(H,31,33,36). The van der Waals surface area contributed by atoms with Gasteiger partial charge in [0.15, 0.2) is 11.6 Å². The van der Waals surface area contributed by atoms with Crippen LogP contribution in [0.1, 0.15) is 42.5 Å². The summed E-state index contributed by atoms with van der Waals surface area (Å²) in [5, 5.41) is 10.2. The summed E-state index contributed by atoms with van der Waals surface area (Å²) in [4.78, 5) is 31.3. The molecule has 1 fully saturated rings. The number of nitrogens with one attached hydrogen (secondary N) is 2. The van der Waals surface area contributed by atoms with Gasteiger partial charge in [-0.3, -0.25) is 4.79 Å². The molecule has 0 radical (unpaired) electrons. The van der Waals surface area contributed by atoms with Crippen LogP contribution in [0.5, 0.6) is 0 Å². The van der Waals surface area contributed by atoms with Gasteiger partial charge in [0.25, 0.3) is 5.91 Å². The van der Waals surface area contributed by atoms with E-state index < -0.39 is 0 Å². The van der Waals surface area contributed by atoms with Crippen LogP contribution < -0.4 is 15.5 Å². The first-order chi connectivity index (χ1) is 17.7. The summed E-state index contributed by atoms with van der Waals surface area (Å²) in [5.41, 5.74) is 3.45. The summed E-state index contributed by atoms with van der Waals surface area (Å²) in [7, 11) is 2.13. The number of aryl methyl sites for hydroxylation is 1. The van der Waals surface area contributed by atoms with E-state index >= 15 is 0 Å². The van der Waals surface area contributed by atoms with E-state index in [0.717, 1.165) is 48.8 Å². The Hall–Kier alpha value is -4.05. The van der Waals surface area contributed by atoms with E-state index in [1.54, 1.807) is 18.2 Å². The molecule has 4 heterocycles. The molecule has 10 nitrogen and oxygen atoms in total. The van der Waals surface area contributed by atoms with E-state index in [9.17, 15) is 4.79 Å². The zero-order valence-corrected chi connectivity index (χ0v) is 21.9. The second kappa shape index (κ2) is 9.78. The van der Waals surface area contributed by atoms with Crippen molar-refractivity contribution in [3.8, 4) is 0 Å². The zero-order valence-electron chi connectivity index (χ0n) is 21.9. The van der Waals surface area contributed by atoms with Gasteiger partial charge >= 0.3 is 0 Å². The van der Waals surface area contributed by atoms with Gasteiger partial charge in [-0.05, 0) is 43.8 Å².